The van der Waals surface area contributed by atoms with Crippen molar-refractivity contribution in [2.45, 2.75) is 200 Å². The van der Waals surface area contributed by atoms with E-state index in [9.17, 15) is 14.2 Å². The van der Waals surface area contributed by atoms with Crippen LogP contribution in [0.2, 0.25) is 0 Å². The monoisotopic (exact) mass is 662 g/mol. The average Bonchev–Trinajstić information content (AvgIpc) is 3.00. The molecule has 0 aliphatic carbocycles. The zero-order valence-corrected chi connectivity index (χ0v) is 30.3. The van der Waals surface area contributed by atoms with E-state index in [0.717, 1.165) is 44.4 Å². The predicted octanol–water partition coefficient (Wildman–Crippen LogP) is 10.8. The first kappa shape index (κ1) is 44.0. The molecule has 0 aromatic rings. The third-order valence-corrected chi connectivity index (χ3v) is 9.15. The van der Waals surface area contributed by atoms with Gasteiger partial charge in [-0.25, -0.2) is 4.57 Å². The SMILES string of the molecule is CCCCCCCCCCCCCCCCCCCC(=O)OC[C@H](COP(=O)(O)O)OC(=O)CCCCCCCCC(C)CC. The van der Waals surface area contributed by atoms with Gasteiger partial charge in [0.15, 0.2) is 6.10 Å². The molecule has 0 spiro atoms. The number of unbranched alkanes of at least 4 members (excludes halogenated alkanes) is 21. The Labute approximate surface area is 276 Å². The molecule has 0 saturated heterocycles. The molecule has 9 heteroatoms. The number of esters is 2. The second-order valence-corrected chi connectivity index (χ2v) is 14.4. The number of rotatable bonds is 34. The minimum atomic E-state index is -4.74. The highest BCUT2D eigenvalue weighted by atomic mass is 31.2. The molecule has 0 fully saturated rings. The molecule has 0 aromatic carbocycles. The summed E-state index contributed by atoms with van der Waals surface area (Å²) in [5.74, 6) is -0.0954. The van der Waals surface area contributed by atoms with Crippen LogP contribution in [0.15, 0.2) is 0 Å². The normalized spacial score (nSPS) is 13.1. The van der Waals surface area contributed by atoms with E-state index in [-0.39, 0.29) is 19.4 Å². The Morgan fingerprint density at radius 1 is 0.578 bits per heavy atom. The lowest BCUT2D eigenvalue weighted by atomic mass is 10.00. The molecule has 8 nitrogen and oxygen atoms in total. The zero-order chi connectivity index (χ0) is 33.4. The van der Waals surface area contributed by atoms with Gasteiger partial charge in [-0.2, -0.15) is 0 Å². The second-order valence-electron chi connectivity index (χ2n) is 13.2. The summed E-state index contributed by atoms with van der Waals surface area (Å²) in [7, 11) is -4.74. The van der Waals surface area contributed by atoms with Gasteiger partial charge in [-0.15, -0.1) is 0 Å². The minimum absolute atomic E-state index is 0.215. The van der Waals surface area contributed by atoms with E-state index in [0.29, 0.717) is 6.42 Å². The highest BCUT2D eigenvalue weighted by Gasteiger charge is 2.22. The van der Waals surface area contributed by atoms with Gasteiger partial charge in [-0.1, -0.05) is 168 Å². The Balaban J connectivity index is 3.89. The van der Waals surface area contributed by atoms with E-state index >= 15 is 0 Å². The molecule has 268 valence electrons. The van der Waals surface area contributed by atoms with Gasteiger partial charge in [-0.05, 0) is 18.8 Å². The first-order valence-corrected chi connectivity index (χ1v) is 20.3. The Bertz CT molecular complexity index is 726. The van der Waals surface area contributed by atoms with E-state index < -0.39 is 32.5 Å². The van der Waals surface area contributed by atoms with Gasteiger partial charge in [0.05, 0.1) is 6.61 Å². The van der Waals surface area contributed by atoms with Gasteiger partial charge < -0.3 is 19.3 Å². The summed E-state index contributed by atoms with van der Waals surface area (Å²) in [5.41, 5.74) is 0. The smallest absolute Gasteiger partial charge is 0.462 e. The van der Waals surface area contributed by atoms with Gasteiger partial charge in [0.25, 0.3) is 0 Å². The molecule has 0 aliphatic heterocycles. The zero-order valence-electron chi connectivity index (χ0n) is 29.5. The average molecular weight is 663 g/mol. The Hall–Kier alpha value is -0.950. The van der Waals surface area contributed by atoms with E-state index in [2.05, 4.69) is 25.3 Å². The molecule has 0 bridgehead atoms. The molecule has 0 rings (SSSR count). The highest BCUT2D eigenvalue weighted by Crippen LogP contribution is 2.36. The van der Waals surface area contributed by atoms with Crippen molar-refractivity contribution in [1.29, 1.82) is 0 Å². The number of carbonyl (C=O) groups excluding carboxylic acids is 2. The maximum absolute atomic E-state index is 12.3. The number of phosphoric acid groups is 1. The van der Waals surface area contributed by atoms with Gasteiger partial charge >= 0.3 is 19.8 Å². The standard InChI is InChI=1S/C36H71O8P/c1-4-6-7-8-9-10-11-12-13-14-15-16-17-18-19-23-26-29-35(37)42-31-34(32-43-45(39,40)41)44-36(38)30-27-24-21-20-22-25-28-33(3)5-2/h33-34H,4-32H2,1-3H3,(H2,39,40,41)/t33?,34-/m1/s1. The van der Waals surface area contributed by atoms with Gasteiger partial charge in [0.2, 0.25) is 0 Å². The molecular formula is C36H71O8P. The van der Waals surface area contributed by atoms with Crippen LogP contribution >= 0.6 is 7.82 Å². The van der Waals surface area contributed by atoms with Crippen LogP contribution in [0.25, 0.3) is 0 Å². The maximum Gasteiger partial charge on any atom is 0.469 e. The lowest BCUT2D eigenvalue weighted by molar-refractivity contribution is -0.161. The maximum atomic E-state index is 12.3. The van der Waals surface area contributed by atoms with Crippen molar-refractivity contribution in [1.82, 2.24) is 0 Å². The van der Waals surface area contributed by atoms with E-state index in [1.807, 2.05) is 0 Å². The van der Waals surface area contributed by atoms with Crippen LogP contribution in [-0.4, -0.2) is 41.0 Å². The third-order valence-electron chi connectivity index (χ3n) is 8.67. The summed E-state index contributed by atoms with van der Waals surface area (Å²) in [6.07, 6.45) is 29.8. The Morgan fingerprint density at radius 3 is 1.40 bits per heavy atom. The van der Waals surface area contributed by atoms with Crippen LogP contribution in [0.3, 0.4) is 0 Å². The summed E-state index contributed by atoms with van der Waals surface area (Å²) in [6, 6.07) is 0. The predicted molar refractivity (Wildman–Crippen MR) is 184 cm³/mol. The lowest BCUT2D eigenvalue weighted by Crippen LogP contribution is -2.29. The summed E-state index contributed by atoms with van der Waals surface area (Å²) >= 11 is 0. The number of hydrogen-bond donors (Lipinski definition) is 2. The molecule has 45 heavy (non-hydrogen) atoms. The molecular weight excluding hydrogens is 591 g/mol. The second kappa shape index (κ2) is 31.6. The van der Waals surface area contributed by atoms with Crippen molar-refractivity contribution in [3.05, 3.63) is 0 Å². The summed E-state index contributed by atoms with van der Waals surface area (Å²) in [6.45, 7) is 5.96. The third kappa shape index (κ3) is 34.2. The summed E-state index contributed by atoms with van der Waals surface area (Å²) < 4.78 is 26.3. The first-order valence-electron chi connectivity index (χ1n) is 18.7. The quantitative estimate of drug-likeness (QED) is 0.0397. The molecule has 0 aromatic heterocycles. The van der Waals surface area contributed by atoms with Crippen molar-refractivity contribution in [3.63, 3.8) is 0 Å². The Kier molecular flexibility index (Phi) is 31.0. The Morgan fingerprint density at radius 2 is 0.978 bits per heavy atom. The first-order chi connectivity index (χ1) is 21.7. The van der Waals surface area contributed by atoms with E-state index in [1.165, 1.54) is 116 Å². The van der Waals surface area contributed by atoms with Crippen LogP contribution in [-0.2, 0) is 28.2 Å². The van der Waals surface area contributed by atoms with E-state index in [1.54, 1.807) is 0 Å². The van der Waals surface area contributed by atoms with Crippen LogP contribution < -0.4 is 0 Å². The van der Waals surface area contributed by atoms with Crippen LogP contribution in [0.4, 0.5) is 0 Å². The van der Waals surface area contributed by atoms with Crippen molar-refractivity contribution in [2.75, 3.05) is 13.2 Å². The fourth-order valence-corrected chi connectivity index (χ4v) is 5.83. The van der Waals surface area contributed by atoms with Gasteiger partial charge in [-0.3, -0.25) is 14.1 Å². The molecule has 0 heterocycles. The molecule has 1 unspecified atom stereocenters. The molecule has 0 aliphatic rings. The topological polar surface area (TPSA) is 119 Å². The molecule has 2 N–H and O–H groups in total. The molecule has 2 atom stereocenters. The van der Waals surface area contributed by atoms with Crippen molar-refractivity contribution >= 4 is 19.8 Å². The minimum Gasteiger partial charge on any atom is -0.462 e. The molecule has 0 amide bonds. The van der Waals surface area contributed by atoms with Crippen LogP contribution in [0.5, 0.6) is 0 Å². The van der Waals surface area contributed by atoms with Gasteiger partial charge in [0, 0.05) is 12.8 Å². The lowest BCUT2D eigenvalue weighted by Gasteiger charge is -2.18. The van der Waals surface area contributed by atoms with Crippen LogP contribution in [0, 0.1) is 5.92 Å². The molecule has 0 saturated carbocycles. The van der Waals surface area contributed by atoms with Crippen molar-refractivity contribution in [3.8, 4) is 0 Å². The highest BCUT2D eigenvalue weighted by molar-refractivity contribution is 7.46. The largest absolute Gasteiger partial charge is 0.469 e. The van der Waals surface area contributed by atoms with Crippen molar-refractivity contribution in [2.24, 2.45) is 5.92 Å². The summed E-state index contributed by atoms with van der Waals surface area (Å²) in [4.78, 5) is 42.6. The fourth-order valence-electron chi connectivity index (χ4n) is 5.47. The number of ether oxygens (including phenoxy) is 2. The summed E-state index contributed by atoms with van der Waals surface area (Å²) in [5, 5.41) is 0. The van der Waals surface area contributed by atoms with Gasteiger partial charge in [0.1, 0.15) is 6.61 Å². The number of hydrogen-bond acceptors (Lipinski definition) is 6. The number of carbonyl (C=O) groups is 2. The van der Waals surface area contributed by atoms with Crippen LogP contribution in [0.1, 0.15) is 194 Å². The molecule has 0 radical (unpaired) electrons. The number of phosphoric ester groups is 1. The van der Waals surface area contributed by atoms with Crippen molar-refractivity contribution < 1.29 is 37.9 Å². The van der Waals surface area contributed by atoms with E-state index in [4.69, 9.17) is 19.3 Å². The fraction of sp³-hybridized carbons (Fsp3) is 0.944.